The maximum absolute atomic E-state index is 12.8. The fourth-order valence-corrected chi connectivity index (χ4v) is 3.50. The van der Waals surface area contributed by atoms with Crippen LogP contribution in [0.15, 0.2) is 70.7 Å². The lowest BCUT2D eigenvalue weighted by atomic mass is 10.1. The molecule has 0 saturated heterocycles. The van der Waals surface area contributed by atoms with Gasteiger partial charge in [0.2, 0.25) is 0 Å². The zero-order valence-corrected chi connectivity index (χ0v) is 19.7. The molecular weight excluding hydrogens is 468 g/mol. The molecule has 0 unspecified atom stereocenters. The summed E-state index contributed by atoms with van der Waals surface area (Å²) in [6.07, 6.45) is 1.52. The highest BCUT2D eigenvalue weighted by Gasteiger charge is 2.14. The van der Waals surface area contributed by atoms with E-state index in [0.717, 1.165) is 21.2 Å². The van der Waals surface area contributed by atoms with Crippen LogP contribution in [0.3, 0.4) is 0 Å². The van der Waals surface area contributed by atoms with Gasteiger partial charge in [-0.3, -0.25) is 4.79 Å². The normalized spacial score (nSPS) is 10.9. The van der Waals surface area contributed by atoms with Gasteiger partial charge in [-0.1, -0.05) is 51.8 Å². The summed E-state index contributed by atoms with van der Waals surface area (Å²) in [7, 11) is 1.57. The van der Waals surface area contributed by atoms with Crippen molar-refractivity contribution >= 4 is 33.6 Å². The largest absolute Gasteiger partial charge is 0.497 e. The summed E-state index contributed by atoms with van der Waals surface area (Å²) in [4.78, 5) is 12.8. The summed E-state index contributed by atoms with van der Waals surface area (Å²) >= 11 is 3.52. The number of carbonyl (C=O) groups is 1. The fraction of sp³-hybridized carbons (Fsp3) is 0.154. The Hall–Kier alpha value is -3.56. The number of carbonyl (C=O) groups excluding carboxylic acids is 1. The van der Waals surface area contributed by atoms with E-state index < -0.39 is 5.91 Å². The van der Waals surface area contributed by atoms with Crippen LogP contribution >= 0.6 is 15.9 Å². The van der Waals surface area contributed by atoms with E-state index >= 15 is 0 Å². The van der Waals surface area contributed by atoms with Crippen LogP contribution in [0.4, 0.5) is 5.69 Å². The number of rotatable bonds is 7. The van der Waals surface area contributed by atoms with E-state index in [9.17, 15) is 10.1 Å². The molecule has 1 amide bonds. The molecule has 0 aliphatic heterocycles. The summed E-state index contributed by atoms with van der Waals surface area (Å²) in [6.45, 7) is 4.21. The maximum atomic E-state index is 12.8. The quantitative estimate of drug-likeness (QED) is 0.316. The van der Waals surface area contributed by atoms with Crippen molar-refractivity contribution in [2.45, 2.75) is 20.5 Å². The van der Waals surface area contributed by atoms with Crippen molar-refractivity contribution in [3.8, 4) is 17.6 Å². The van der Waals surface area contributed by atoms with Gasteiger partial charge in [-0.2, -0.15) is 5.26 Å². The summed E-state index contributed by atoms with van der Waals surface area (Å²) < 4.78 is 12.3. The Balaban J connectivity index is 1.88. The third-order valence-corrected chi connectivity index (χ3v) is 5.63. The first kappa shape index (κ1) is 23.1. The number of halogens is 1. The van der Waals surface area contributed by atoms with Crippen molar-refractivity contribution in [2.75, 3.05) is 12.4 Å². The maximum Gasteiger partial charge on any atom is 0.266 e. The van der Waals surface area contributed by atoms with Crippen molar-refractivity contribution in [1.82, 2.24) is 0 Å². The molecule has 3 aromatic rings. The zero-order chi connectivity index (χ0) is 23.1. The molecule has 0 spiro atoms. The van der Waals surface area contributed by atoms with Gasteiger partial charge in [0.1, 0.15) is 29.7 Å². The van der Waals surface area contributed by atoms with Crippen LogP contribution in [0, 0.1) is 25.2 Å². The summed E-state index contributed by atoms with van der Waals surface area (Å²) in [5.74, 6) is 0.640. The van der Waals surface area contributed by atoms with E-state index in [1.54, 1.807) is 25.3 Å². The SMILES string of the molecule is COc1ccc(/C=C(\C#N)C(=O)Nc2ccc(C)cc2C)c(OCc2ccccc2Br)c1. The van der Waals surface area contributed by atoms with E-state index in [1.165, 1.54) is 6.08 Å². The lowest BCUT2D eigenvalue weighted by Gasteiger charge is -2.13. The molecule has 0 radical (unpaired) electrons. The van der Waals surface area contributed by atoms with Gasteiger partial charge in [-0.25, -0.2) is 0 Å². The molecule has 0 aromatic heterocycles. The van der Waals surface area contributed by atoms with E-state index in [-0.39, 0.29) is 5.57 Å². The molecule has 0 atom stereocenters. The molecule has 162 valence electrons. The number of aryl methyl sites for hydroxylation is 2. The molecular formula is C26H23BrN2O3. The van der Waals surface area contributed by atoms with Crippen LogP contribution in [0.5, 0.6) is 11.5 Å². The number of methoxy groups -OCH3 is 1. The second-order valence-corrected chi connectivity index (χ2v) is 8.08. The van der Waals surface area contributed by atoms with Crippen LogP contribution in [-0.4, -0.2) is 13.0 Å². The minimum Gasteiger partial charge on any atom is -0.497 e. The van der Waals surface area contributed by atoms with E-state index in [2.05, 4.69) is 21.2 Å². The Morgan fingerprint density at radius 3 is 2.59 bits per heavy atom. The van der Waals surface area contributed by atoms with Crippen LogP contribution in [0.1, 0.15) is 22.3 Å². The second kappa shape index (κ2) is 10.7. The Bertz CT molecular complexity index is 1210. The van der Waals surface area contributed by atoms with Gasteiger partial charge in [0.25, 0.3) is 5.91 Å². The van der Waals surface area contributed by atoms with Crippen LogP contribution in [-0.2, 0) is 11.4 Å². The number of hydrogen-bond acceptors (Lipinski definition) is 4. The first-order chi connectivity index (χ1) is 15.4. The predicted molar refractivity (Wildman–Crippen MR) is 130 cm³/mol. The van der Waals surface area contributed by atoms with Gasteiger partial charge in [-0.15, -0.1) is 0 Å². The molecule has 3 aromatic carbocycles. The van der Waals surface area contributed by atoms with Crippen molar-refractivity contribution in [3.05, 3.63) is 93.0 Å². The number of nitriles is 1. The average molecular weight is 491 g/mol. The van der Waals surface area contributed by atoms with Crippen LogP contribution in [0.25, 0.3) is 6.08 Å². The van der Waals surface area contributed by atoms with Crippen LogP contribution < -0.4 is 14.8 Å². The highest BCUT2D eigenvalue weighted by atomic mass is 79.9. The summed E-state index contributed by atoms with van der Waals surface area (Å²) in [5.41, 5.74) is 4.24. The second-order valence-electron chi connectivity index (χ2n) is 7.23. The van der Waals surface area contributed by atoms with Gasteiger partial charge >= 0.3 is 0 Å². The molecule has 0 bridgehead atoms. The first-order valence-electron chi connectivity index (χ1n) is 9.96. The molecule has 6 heteroatoms. The molecule has 0 aliphatic rings. The van der Waals surface area contributed by atoms with Crippen molar-refractivity contribution in [3.63, 3.8) is 0 Å². The Morgan fingerprint density at radius 1 is 1.12 bits per heavy atom. The topological polar surface area (TPSA) is 71.3 Å². The molecule has 0 aliphatic carbocycles. The molecule has 32 heavy (non-hydrogen) atoms. The monoisotopic (exact) mass is 490 g/mol. The predicted octanol–water partition coefficient (Wildman–Crippen LogP) is 6.20. The standard InChI is InChI=1S/C26H23BrN2O3/c1-17-8-11-24(18(2)12-17)29-26(30)21(15-28)13-19-9-10-22(31-3)14-25(19)32-16-20-6-4-5-7-23(20)27/h4-14H,16H2,1-3H3,(H,29,30)/b21-13+. The van der Waals surface area contributed by atoms with E-state index in [0.29, 0.717) is 29.4 Å². The number of hydrogen-bond donors (Lipinski definition) is 1. The number of anilines is 1. The lowest BCUT2D eigenvalue weighted by molar-refractivity contribution is -0.112. The zero-order valence-electron chi connectivity index (χ0n) is 18.1. The Labute approximate surface area is 196 Å². The average Bonchev–Trinajstić information content (AvgIpc) is 2.79. The van der Waals surface area contributed by atoms with E-state index in [1.807, 2.05) is 62.4 Å². The minimum absolute atomic E-state index is 0.0270. The molecule has 0 saturated carbocycles. The first-order valence-corrected chi connectivity index (χ1v) is 10.7. The number of nitrogens with one attached hydrogen (secondary N) is 1. The molecule has 1 N–H and O–H groups in total. The highest BCUT2D eigenvalue weighted by molar-refractivity contribution is 9.10. The third kappa shape index (κ3) is 5.77. The highest BCUT2D eigenvalue weighted by Crippen LogP contribution is 2.29. The van der Waals surface area contributed by atoms with Gasteiger partial charge < -0.3 is 14.8 Å². The Morgan fingerprint density at radius 2 is 1.91 bits per heavy atom. The summed E-state index contributed by atoms with van der Waals surface area (Å²) in [6, 6.07) is 20.7. The van der Waals surface area contributed by atoms with Crippen molar-refractivity contribution < 1.29 is 14.3 Å². The van der Waals surface area contributed by atoms with Crippen molar-refractivity contribution in [2.24, 2.45) is 0 Å². The fourth-order valence-electron chi connectivity index (χ4n) is 3.10. The van der Waals surface area contributed by atoms with Gasteiger partial charge in [-0.05, 0) is 49.8 Å². The van der Waals surface area contributed by atoms with Gasteiger partial charge in [0, 0.05) is 27.4 Å². The summed E-state index contributed by atoms with van der Waals surface area (Å²) in [5, 5.41) is 12.4. The number of ether oxygens (including phenoxy) is 2. The van der Waals surface area contributed by atoms with Crippen molar-refractivity contribution in [1.29, 1.82) is 5.26 Å². The minimum atomic E-state index is -0.480. The van der Waals surface area contributed by atoms with E-state index in [4.69, 9.17) is 9.47 Å². The molecule has 0 heterocycles. The lowest BCUT2D eigenvalue weighted by Crippen LogP contribution is -2.14. The molecule has 0 fully saturated rings. The van der Waals surface area contributed by atoms with Gasteiger partial charge in [0.15, 0.2) is 0 Å². The smallest absolute Gasteiger partial charge is 0.266 e. The number of amides is 1. The number of nitrogens with zero attached hydrogens (tertiary/aromatic N) is 1. The van der Waals surface area contributed by atoms with Crippen LogP contribution in [0.2, 0.25) is 0 Å². The molecule has 3 rings (SSSR count). The number of benzene rings is 3. The van der Waals surface area contributed by atoms with Gasteiger partial charge in [0.05, 0.1) is 7.11 Å². The molecule has 5 nitrogen and oxygen atoms in total. The Kier molecular flexibility index (Phi) is 7.69. The third-order valence-electron chi connectivity index (χ3n) is 4.86.